The number of esters is 2. The van der Waals surface area contributed by atoms with E-state index in [-0.39, 0.29) is 6.79 Å². The van der Waals surface area contributed by atoms with Crippen LogP contribution in [-0.2, 0) is 9.53 Å². The van der Waals surface area contributed by atoms with Gasteiger partial charge in [-0.25, -0.2) is 9.59 Å². The zero-order valence-electron chi connectivity index (χ0n) is 11.7. The van der Waals surface area contributed by atoms with E-state index in [1.54, 1.807) is 48.5 Å². The van der Waals surface area contributed by atoms with Crippen LogP contribution in [0.2, 0.25) is 0 Å². The van der Waals surface area contributed by atoms with Crippen molar-refractivity contribution in [3.05, 3.63) is 72.8 Å². The first-order chi connectivity index (χ1) is 10.7. The third-order valence-electron chi connectivity index (χ3n) is 2.64. The number of ether oxygens (including phenoxy) is 3. The smallest absolute Gasteiger partial charge is 0.343 e. The van der Waals surface area contributed by atoms with E-state index < -0.39 is 11.9 Å². The number of benzene rings is 2. The number of hydrogen-bond donors (Lipinski definition) is 0. The minimum absolute atomic E-state index is 0.224. The minimum Gasteiger partial charge on any atom is -0.457 e. The number of rotatable bonds is 6. The molecule has 112 valence electrons. The van der Waals surface area contributed by atoms with Crippen LogP contribution in [0.25, 0.3) is 0 Å². The molecule has 0 amide bonds. The molecular formula is C17H14O5. The van der Waals surface area contributed by atoms with Gasteiger partial charge in [0.1, 0.15) is 11.5 Å². The molecule has 0 fully saturated rings. The maximum atomic E-state index is 11.9. The quantitative estimate of drug-likeness (QED) is 0.355. The highest BCUT2D eigenvalue weighted by molar-refractivity contribution is 5.91. The molecular weight excluding hydrogens is 284 g/mol. The lowest BCUT2D eigenvalue weighted by atomic mass is 10.2. The van der Waals surface area contributed by atoms with Crippen LogP contribution in [0.15, 0.2) is 67.3 Å². The number of hydrogen-bond acceptors (Lipinski definition) is 5. The van der Waals surface area contributed by atoms with Crippen LogP contribution in [0.1, 0.15) is 10.4 Å². The normalized spacial score (nSPS) is 9.64. The average Bonchev–Trinajstić information content (AvgIpc) is 2.56. The molecule has 5 heteroatoms. The van der Waals surface area contributed by atoms with E-state index in [0.29, 0.717) is 17.1 Å². The highest BCUT2D eigenvalue weighted by atomic mass is 16.7. The van der Waals surface area contributed by atoms with Gasteiger partial charge in [0.15, 0.2) is 0 Å². The molecule has 0 saturated carbocycles. The maximum Gasteiger partial charge on any atom is 0.343 e. The fourth-order valence-electron chi connectivity index (χ4n) is 1.56. The van der Waals surface area contributed by atoms with Gasteiger partial charge in [-0.05, 0) is 36.4 Å². The van der Waals surface area contributed by atoms with Gasteiger partial charge in [-0.1, -0.05) is 24.8 Å². The molecule has 0 N–H and O–H groups in total. The predicted molar refractivity (Wildman–Crippen MR) is 79.6 cm³/mol. The van der Waals surface area contributed by atoms with Crippen molar-refractivity contribution < 1.29 is 23.8 Å². The second-order valence-corrected chi connectivity index (χ2v) is 4.16. The van der Waals surface area contributed by atoms with Crippen LogP contribution < -0.4 is 9.47 Å². The first-order valence-corrected chi connectivity index (χ1v) is 6.48. The van der Waals surface area contributed by atoms with Gasteiger partial charge in [0.25, 0.3) is 0 Å². The molecule has 0 aromatic heterocycles. The topological polar surface area (TPSA) is 61.8 Å². The molecule has 0 atom stereocenters. The molecule has 5 nitrogen and oxygen atoms in total. The third-order valence-corrected chi connectivity index (χ3v) is 2.64. The van der Waals surface area contributed by atoms with Crippen molar-refractivity contribution in [3.8, 4) is 11.5 Å². The zero-order valence-corrected chi connectivity index (χ0v) is 11.7. The highest BCUT2D eigenvalue weighted by Crippen LogP contribution is 2.15. The Balaban J connectivity index is 1.89. The Labute approximate surface area is 127 Å². The van der Waals surface area contributed by atoms with Gasteiger partial charge in [-0.3, -0.25) is 0 Å². The first-order valence-electron chi connectivity index (χ1n) is 6.48. The largest absolute Gasteiger partial charge is 0.457 e. The Morgan fingerprint density at radius 3 is 2.27 bits per heavy atom. The highest BCUT2D eigenvalue weighted by Gasteiger charge is 2.08. The molecule has 0 bridgehead atoms. The van der Waals surface area contributed by atoms with Crippen LogP contribution in [0.5, 0.6) is 11.5 Å². The maximum absolute atomic E-state index is 11.9. The van der Waals surface area contributed by atoms with Crippen molar-refractivity contribution in [2.45, 2.75) is 0 Å². The Hall–Kier alpha value is -3.08. The predicted octanol–water partition coefficient (Wildman–Crippen LogP) is 2.97. The summed E-state index contributed by atoms with van der Waals surface area (Å²) in [5, 5.41) is 0. The monoisotopic (exact) mass is 298 g/mol. The van der Waals surface area contributed by atoms with Gasteiger partial charge in [0.2, 0.25) is 6.79 Å². The summed E-state index contributed by atoms with van der Waals surface area (Å²) in [6.45, 7) is 3.05. The molecule has 2 aromatic rings. The molecule has 22 heavy (non-hydrogen) atoms. The Morgan fingerprint density at radius 1 is 0.955 bits per heavy atom. The van der Waals surface area contributed by atoms with Crippen LogP contribution >= 0.6 is 0 Å². The summed E-state index contributed by atoms with van der Waals surface area (Å²) in [7, 11) is 0. The van der Waals surface area contributed by atoms with Gasteiger partial charge >= 0.3 is 11.9 Å². The van der Waals surface area contributed by atoms with E-state index in [2.05, 4.69) is 11.3 Å². The van der Waals surface area contributed by atoms with Crippen molar-refractivity contribution in [2.75, 3.05) is 6.79 Å². The molecule has 0 radical (unpaired) electrons. The molecule has 0 aliphatic rings. The second kappa shape index (κ2) is 7.64. The Kier molecular flexibility index (Phi) is 5.31. The summed E-state index contributed by atoms with van der Waals surface area (Å²) in [4.78, 5) is 22.8. The van der Waals surface area contributed by atoms with Crippen LogP contribution in [0, 0.1) is 0 Å². The lowest BCUT2D eigenvalue weighted by molar-refractivity contribution is -0.144. The fraction of sp³-hybridized carbons (Fsp3) is 0.0588. The SMILES string of the molecule is C=CC(=O)OCOc1ccc(C(=O)Oc2ccccc2)cc1. The van der Waals surface area contributed by atoms with Gasteiger partial charge in [0.05, 0.1) is 5.56 Å². The van der Waals surface area contributed by atoms with Crippen LogP contribution in [0.4, 0.5) is 0 Å². The summed E-state index contributed by atoms with van der Waals surface area (Å²) in [5.41, 5.74) is 0.388. The number of carbonyl (C=O) groups excluding carboxylic acids is 2. The summed E-state index contributed by atoms with van der Waals surface area (Å²) < 4.78 is 15.1. The Morgan fingerprint density at radius 2 is 1.64 bits per heavy atom. The van der Waals surface area contributed by atoms with Gasteiger partial charge in [0, 0.05) is 6.08 Å². The van der Waals surface area contributed by atoms with Crippen molar-refractivity contribution in [1.82, 2.24) is 0 Å². The number of para-hydroxylation sites is 1. The van der Waals surface area contributed by atoms with E-state index in [0.717, 1.165) is 6.08 Å². The van der Waals surface area contributed by atoms with Gasteiger partial charge in [-0.15, -0.1) is 0 Å². The van der Waals surface area contributed by atoms with Gasteiger partial charge < -0.3 is 14.2 Å². The van der Waals surface area contributed by atoms with E-state index in [4.69, 9.17) is 9.47 Å². The molecule has 0 unspecified atom stereocenters. The van der Waals surface area contributed by atoms with E-state index in [1.807, 2.05) is 6.07 Å². The van der Waals surface area contributed by atoms with E-state index >= 15 is 0 Å². The van der Waals surface area contributed by atoms with Crippen LogP contribution in [0.3, 0.4) is 0 Å². The minimum atomic E-state index is -0.567. The van der Waals surface area contributed by atoms with Gasteiger partial charge in [-0.2, -0.15) is 0 Å². The first kappa shape index (κ1) is 15.3. The lowest BCUT2D eigenvalue weighted by Crippen LogP contribution is -2.09. The summed E-state index contributed by atoms with van der Waals surface area (Å²) >= 11 is 0. The average molecular weight is 298 g/mol. The summed E-state index contributed by atoms with van der Waals surface area (Å²) in [6, 6.07) is 15.1. The molecule has 0 heterocycles. The van der Waals surface area contributed by atoms with Crippen molar-refractivity contribution >= 4 is 11.9 Å². The molecule has 2 rings (SSSR count). The molecule has 0 spiro atoms. The molecule has 0 aliphatic carbocycles. The number of carbonyl (C=O) groups is 2. The summed E-state index contributed by atoms with van der Waals surface area (Å²) in [6.07, 6.45) is 1.05. The molecule has 0 saturated heterocycles. The molecule has 2 aromatic carbocycles. The molecule has 0 aliphatic heterocycles. The fourth-order valence-corrected chi connectivity index (χ4v) is 1.56. The summed E-state index contributed by atoms with van der Waals surface area (Å²) in [5.74, 6) is -0.0869. The van der Waals surface area contributed by atoms with Crippen molar-refractivity contribution in [3.63, 3.8) is 0 Å². The van der Waals surface area contributed by atoms with Crippen LogP contribution in [-0.4, -0.2) is 18.7 Å². The second-order valence-electron chi connectivity index (χ2n) is 4.16. The van der Waals surface area contributed by atoms with E-state index in [9.17, 15) is 9.59 Å². The standard InChI is InChI=1S/C17H14O5/c1-2-16(18)21-12-20-14-10-8-13(9-11-14)17(19)22-15-6-4-3-5-7-15/h2-11H,1,12H2. The zero-order chi connectivity index (χ0) is 15.8. The Bertz CT molecular complexity index is 647. The lowest BCUT2D eigenvalue weighted by Gasteiger charge is -2.07. The van der Waals surface area contributed by atoms with Crippen molar-refractivity contribution in [2.24, 2.45) is 0 Å². The van der Waals surface area contributed by atoms with E-state index in [1.165, 1.54) is 0 Å². The van der Waals surface area contributed by atoms with Crippen molar-refractivity contribution in [1.29, 1.82) is 0 Å². The third kappa shape index (κ3) is 4.49.